The number of hydrogen-bond donors (Lipinski definition) is 0. The van der Waals surface area contributed by atoms with Gasteiger partial charge in [0.15, 0.2) is 0 Å². The molecule has 2 aliphatic rings. The van der Waals surface area contributed by atoms with E-state index in [1.165, 1.54) is 57.4 Å². The average Bonchev–Trinajstić information content (AvgIpc) is 2.92. The topological polar surface area (TPSA) is 59.3 Å². The van der Waals surface area contributed by atoms with Gasteiger partial charge in [-0.1, -0.05) is 45.4 Å². The van der Waals surface area contributed by atoms with E-state index in [1.807, 2.05) is 0 Å². The minimum absolute atomic E-state index is 0.0365. The fourth-order valence-electron chi connectivity index (χ4n) is 6.37. The number of carbonyl (C=O) groups excluding carboxylic acids is 1. The molecule has 4 nitrogen and oxygen atoms in total. The summed E-state index contributed by atoms with van der Waals surface area (Å²) in [6.07, 6.45) is 15.1. The van der Waals surface area contributed by atoms with Crippen LogP contribution in [0.15, 0.2) is 24.3 Å². The second-order valence-electron chi connectivity index (χ2n) is 11.4. The lowest BCUT2D eigenvalue weighted by Gasteiger charge is -2.38. The Labute approximate surface area is 233 Å². The van der Waals surface area contributed by atoms with Crippen molar-refractivity contribution >= 4 is 5.97 Å². The summed E-state index contributed by atoms with van der Waals surface area (Å²) in [4.78, 5) is 12.3. The second kappa shape index (κ2) is 14.0. The number of ether oxygens (including phenoxy) is 2. The van der Waals surface area contributed by atoms with Gasteiger partial charge in [-0.3, -0.25) is 0 Å². The standard InChI is InChI=1S/C32H37F4NO3/c1-2-3-4-5-20-6-10-22(11-7-20)23-12-8-21(9-13-23)19-39-24-14-29(35)31(30(36)15-24)32(38)40-25-16-27(33)26(18-37)28(34)17-25/h14-17,20-23H,2-13,19H2,1H3. The zero-order valence-electron chi connectivity index (χ0n) is 23.0. The molecule has 0 bridgehead atoms. The Kier molecular flexibility index (Phi) is 10.5. The minimum Gasteiger partial charge on any atom is -0.493 e. The van der Waals surface area contributed by atoms with Crippen molar-refractivity contribution in [2.75, 3.05) is 6.61 Å². The number of benzene rings is 2. The van der Waals surface area contributed by atoms with Crippen LogP contribution in [0.3, 0.4) is 0 Å². The maximum Gasteiger partial charge on any atom is 0.349 e. The molecule has 4 rings (SSSR count). The van der Waals surface area contributed by atoms with Gasteiger partial charge in [-0.25, -0.2) is 22.4 Å². The van der Waals surface area contributed by atoms with Gasteiger partial charge >= 0.3 is 5.97 Å². The molecule has 2 aliphatic carbocycles. The van der Waals surface area contributed by atoms with Gasteiger partial charge in [-0.15, -0.1) is 0 Å². The van der Waals surface area contributed by atoms with E-state index in [4.69, 9.17) is 14.7 Å². The van der Waals surface area contributed by atoms with Gasteiger partial charge in [-0.05, 0) is 62.2 Å². The molecule has 0 radical (unpaired) electrons. The third-order valence-electron chi connectivity index (χ3n) is 8.71. The van der Waals surface area contributed by atoms with E-state index >= 15 is 0 Å². The Balaban J connectivity index is 1.25. The third kappa shape index (κ3) is 7.56. The number of nitrogens with zero attached hydrogens (tertiary/aromatic N) is 1. The number of esters is 1. The van der Waals surface area contributed by atoms with Gasteiger partial charge < -0.3 is 9.47 Å². The summed E-state index contributed by atoms with van der Waals surface area (Å²) in [6.45, 7) is 2.59. The monoisotopic (exact) mass is 559 g/mol. The van der Waals surface area contributed by atoms with Gasteiger partial charge in [-0.2, -0.15) is 5.26 Å². The quantitative estimate of drug-likeness (QED) is 0.126. The Hall–Kier alpha value is -3.08. The Morgan fingerprint density at radius 2 is 1.32 bits per heavy atom. The predicted molar refractivity (Wildman–Crippen MR) is 143 cm³/mol. The predicted octanol–water partition coefficient (Wildman–Crippen LogP) is 8.91. The van der Waals surface area contributed by atoms with Gasteiger partial charge in [0.25, 0.3) is 0 Å². The van der Waals surface area contributed by atoms with E-state index in [9.17, 15) is 22.4 Å². The summed E-state index contributed by atoms with van der Waals surface area (Å²) in [6, 6.07) is 4.35. The summed E-state index contributed by atoms with van der Waals surface area (Å²) in [5.74, 6) is -4.25. The lowest BCUT2D eigenvalue weighted by molar-refractivity contribution is 0.0723. The van der Waals surface area contributed by atoms with Crippen molar-refractivity contribution in [2.24, 2.45) is 23.7 Å². The molecule has 2 fully saturated rings. The van der Waals surface area contributed by atoms with Crippen molar-refractivity contribution in [2.45, 2.75) is 84.0 Å². The van der Waals surface area contributed by atoms with Gasteiger partial charge in [0.05, 0.1) is 6.61 Å². The van der Waals surface area contributed by atoms with Crippen LogP contribution in [0.4, 0.5) is 17.6 Å². The van der Waals surface area contributed by atoms with Crippen LogP contribution in [-0.4, -0.2) is 12.6 Å². The minimum atomic E-state index is -1.46. The first-order valence-corrected chi connectivity index (χ1v) is 14.5. The first kappa shape index (κ1) is 29.9. The summed E-state index contributed by atoms with van der Waals surface area (Å²) < 4.78 is 67.3. The maximum absolute atomic E-state index is 14.7. The van der Waals surface area contributed by atoms with Crippen LogP contribution in [0.25, 0.3) is 0 Å². The maximum atomic E-state index is 14.7. The van der Waals surface area contributed by atoms with Crippen molar-refractivity contribution in [3.63, 3.8) is 0 Å². The largest absolute Gasteiger partial charge is 0.493 e. The van der Waals surface area contributed by atoms with E-state index in [-0.39, 0.29) is 5.75 Å². The molecule has 0 aromatic heterocycles. The molecule has 216 valence electrons. The molecule has 0 atom stereocenters. The molecule has 0 heterocycles. The van der Waals surface area contributed by atoms with Crippen LogP contribution in [0.1, 0.15) is 99.9 Å². The molecule has 0 unspecified atom stereocenters. The fourth-order valence-corrected chi connectivity index (χ4v) is 6.37. The average molecular weight is 560 g/mol. The van der Waals surface area contributed by atoms with Crippen molar-refractivity contribution in [3.8, 4) is 17.6 Å². The van der Waals surface area contributed by atoms with Crippen molar-refractivity contribution < 1.29 is 31.8 Å². The van der Waals surface area contributed by atoms with E-state index in [0.29, 0.717) is 24.7 Å². The molecule has 0 N–H and O–H groups in total. The van der Waals surface area contributed by atoms with Gasteiger partial charge in [0.2, 0.25) is 0 Å². The third-order valence-corrected chi connectivity index (χ3v) is 8.71. The Morgan fingerprint density at radius 3 is 1.85 bits per heavy atom. The zero-order valence-corrected chi connectivity index (χ0v) is 23.0. The smallest absolute Gasteiger partial charge is 0.349 e. The molecular weight excluding hydrogens is 522 g/mol. The van der Waals surface area contributed by atoms with Gasteiger partial charge in [0, 0.05) is 24.3 Å². The first-order valence-electron chi connectivity index (χ1n) is 14.5. The number of nitriles is 1. The number of halogens is 4. The molecule has 2 saturated carbocycles. The highest BCUT2D eigenvalue weighted by Gasteiger charge is 2.31. The van der Waals surface area contributed by atoms with Crippen molar-refractivity contribution in [3.05, 3.63) is 58.7 Å². The molecular formula is C32H37F4NO3. The lowest BCUT2D eigenvalue weighted by atomic mass is 9.69. The SMILES string of the molecule is CCCCCC1CCC(C2CCC(COc3cc(F)c(C(=O)Oc4cc(F)c(C#N)c(F)c4)c(F)c3)CC2)CC1. The van der Waals surface area contributed by atoms with Crippen LogP contribution < -0.4 is 9.47 Å². The highest BCUT2D eigenvalue weighted by atomic mass is 19.1. The van der Waals surface area contributed by atoms with Crippen LogP contribution in [-0.2, 0) is 0 Å². The molecule has 0 amide bonds. The van der Waals surface area contributed by atoms with Crippen molar-refractivity contribution in [1.29, 1.82) is 5.26 Å². The van der Waals surface area contributed by atoms with Crippen molar-refractivity contribution in [1.82, 2.24) is 0 Å². The Morgan fingerprint density at radius 1 is 0.800 bits per heavy atom. The molecule has 0 spiro atoms. The molecule has 0 aliphatic heterocycles. The highest BCUT2D eigenvalue weighted by molar-refractivity contribution is 5.91. The highest BCUT2D eigenvalue weighted by Crippen LogP contribution is 2.42. The van der Waals surface area contributed by atoms with E-state index in [0.717, 1.165) is 55.6 Å². The number of unbranched alkanes of at least 4 members (excludes halogenated alkanes) is 2. The number of hydrogen-bond acceptors (Lipinski definition) is 4. The molecule has 8 heteroatoms. The zero-order chi connectivity index (χ0) is 28.6. The van der Waals surface area contributed by atoms with Gasteiger partial charge in [0.1, 0.15) is 52.0 Å². The molecule has 40 heavy (non-hydrogen) atoms. The summed E-state index contributed by atoms with van der Waals surface area (Å²) in [5, 5.41) is 8.73. The van der Waals surface area contributed by atoms with Crippen LogP contribution in [0.2, 0.25) is 0 Å². The van der Waals surface area contributed by atoms with Crippen LogP contribution >= 0.6 is 0 Å². The molecule has 2 aromatic carbocycles. The molecule has 0 saturated heterocycles. The summed E-state index contributed by atoms with van der Waals surface area (Å²) in [7, 11) is 0. The summed E-state index contributed by atoms with van der Waals surface area (Å²) >= 11 is 0. The lowest BCUT2D eigenvalue weighted by Crippen LogP contribution is -2.27. The van der Waals surface area contributed by atoms with Crippen LogP contribution in [0.5, 0.6) is 11.5 Å². The molecule has 2 aromatic rings. The number of rotatable bonds is 10. The summed E-state index contributed by atoms with van der Waals surface area (Å²) in [5.41, 5.74) is -1.86. The van der Waals surface area contributed by atoms with Crippen LogP contribution in [0, 0.1) is 58.3 Å². The van der Waals surface area contributed by atoms with E-state index in [1.54, 1.807) is 0 Å². The second-order valence-corrected chi connectivity index (χ2v) is 11.4. The number of carbonyl (C=O) groups is 1. The Bertz CT molecular complexity index is 1170. The normalized spacial score (nSPS) is 22.9. The van der Waals surface area contributed by atoms with E-state index < -0.39 is 46.1 Å². The van der Waals surface area contributed by atoms with E-state index in [2.05, 4.69) is 6.92 Å². The fraction of sp³-hybridized carbons (Fsp3) is 0.562. The first-order chi connectivity index (χ1) is 19.3.